The number of aromatic nitrogens is 2. The van der Waals surface area contributed by atoms with Crippen LogP contribution in [0.2, 0.25) is 0 Å². The quantitative estimate of drug-likeness (QED) is 0.910. The molecule has 4 nitrogen and oxygen atoms in total. The van der Waals surface area contributed by atoms with Crippen LogP contribution in [0.1, 0.15) is 0 Å². The first kappa shape index (κ1) is 10.0. The SMILES string of the molecule is COc1cc(O)ccc1-n1cnc(Br)c1. The van der Waals surface area contributed by atoms with Crippen molar-refractivity contribution in [1.29, 1.82) is 0 Å². The van der Waals surface area contributed by atoms with Crippen molar-refractivity contribution in [2.24, 2.45) is 0 Å². The van der Waals surface area contributed by atoms with Crippen LogP contribution in [0.15, 0.2) is 35.3 Å². The van der Waals surface area contributed by atoms with Crippen molar-refractivity contribution in [3.63, 3.8) is 0 Å². The number of phenolic OH excluding ortho intramolecular Hbond substituents is 1. The number of phenols is 1. The molecule has 0 unspecified atom stereocenters. The molecule has 0 spiro atoms. The van der Waals surface area contributed by atoms with Gasteiger partial charge in [0.2, 0.25) is 0 Å². The molecule has 0 fully saturated rings. The number of ether oxygens (including phenoxy) is 1. The number of rotatable bonds is 2. The Balaban J connectivity index is 2.52. The molecule has 0 aliphatic carbocycles. The molecular weight excluding hydrogens is 260 g/mol. The molecule has 1 heterocycles. The topological polar surface area (TPSA) is 47.3 Å². The van der Waals surface area contributed by atoms with Gasteiger partial charge in [-0.1, -0.05) is 0 Å². The molecule has 1 aromatic carbocycles. The van der Waals surface area contributed by atoms with Crippen molar-refractivity contribution >= 4 is 15.9 Å². The lowest BCUT2D eigenvalue weighted by molar-refractivity contribution is 0.406. The van der Waals surface area contributed by atoms with Crippen LogP contribution in [0.5, 0.6) is 11.5 Å². The number of hydrogen-bond donors (Lipinski definition) is 1. The van der Waals surface area contributed by atoms with Gasteiger partial charge in [0, 0.05) is 12.3 Å². The first-order valence-corrected chi connectivity index (χ1v) is 5.07. The number of benzene rings is 1. The van der Waals surface area contributed by atoms with Gasteiger partial charge < -0.3 is 14.4 Å². The minimum absolute atomic E-state index is 0.176. The van der Waals surface area contributed by atoms with E-state index in [-0.39, 0.29) is 5.75 Å². The molecular formula is C10H9BrN2O2. The van der Waals surface area contributed by atoms with Gasteiger partial charge in [-0.05, 0) is 28.1 Å². The average Bonchev–Trinajstić information content (AvgIpc) is 2.64. The highest BCUT2D eigenvalue weighted by Gasteiger charge is 2.06. The van der Waals surface area contributed by atoms with Gasteiger partial charge in [0.15, 0.2) is 0 Å². The lowest BCUT2D eigenvalue weighted by Crippen LogP contribution is -1.94. The number of imidazole rings is 1. The zero-order valence-electron chi connectivity index (χ0n) is 8.01. The Morgan fingerprint density at radius 3 is 2.87 bits per heavy atom. The van der Waals surface area contributed by atoms with Crippen LogP contribution in [0, 0.1) is 0 Å². The smallest absolute Gasteiger partial charge is 0.146 e. The van der Waals surface area contributed by atoms with Crippen LogP contribution in [-0.2, 0) is 0 Å². The first-order chi connectivity index (χ1) is 7.20. The lowest BCUT2D eigenvalue weighted by Gasteiger charge is -2.08. The zero-order chi connectivity index (χ0) is 10.8. The number of nitrogens with zero attached hydrogens (tertiary/aromatic N) is 2. The Labute approximate surface area is 95.3 Å². The van der Waals surface area contributed by atoms with E-state index < -0.39 is 0 Å². The van der Waals surface area contributed by atoms with Crippen LogP contribution < -0.4 is 4.74 Å². The standard InChI is InChI=1S/C10H9BrN2O2/c1-15-9-4-7(14)2-3-8(9)13-5-10(11)12-6-13/h2-6,14H,1H3. The van der Waals surface area contributed by atoms with E-state index in [2.05, 4.69) is 20.9 Å². The Hall–Kier alpha value is -1.49. The van der Waals surface area contributed by atoms with E-state index in [1.54, 1.807) is 31.6 Å². The second-order valence-corrected chi connectivity index (χ2v) is 3.77. The summed E-state index contributed by atoms with van der Waals surface area (Å²) in [5.74, 6) is 0.773. The maximum atomic E-state index is 9.31. The number of methoxy groups -OCH3 is 1. The predicted octanol–water partition coefficient (Wildman–Crippen LogP) is 2.35. The van der Waals surface area contributed by atoms with E-state index in [1.165, 1.54) is 0 Å². The number of hydrogen-bond acceptors (Lipinski definition) is 3. The highest BCUT2D eigenvalue weighted by Crippen LogP contribution is 2.27. The second kappa shape index (κ2) is 3.94. The van der Waals surface area contributed by atoms with E-state index in [4.69, 9.17) is 4.74 Å². The third-order valence-corrected chi connectivity index (χ3v) is 2.40. The monoisotopic (exact) mass is 268 g/mol. The van der Waals surface area contributed by atoms with Gasteiger partial charge in [-0.2, -0.15) is 0 Å². The summed E-state index contributed by atoms with van der Waals surface area (Å²) in [5, 5.41) is 9.31. The number of halogens is 1. The largest absolute Gasteiger partial charge is 0.508 e. The molecule has 5 heteroatoms. The fourth-order valence-electron chi connectivity index (χ4n) is 1.31. The Morgan fingerprint density at radius 2 is 2.27 bits per heavy atom. The Morgan fingerprint density at radius 1 is 1.47 bits per heavy atom. The van der Waals surface area contributed by atoms with E-state index in [0.29, 0.717) is 5.75 Å². The zero-order valence-corrected chi connectivity index (χ0v) is 9.60. The summed E-state index contributed by atoms with van der Waals surface area (Å²) in [7, 11) is 1.56. The van der Waals surface area contributed by atoms with Crippen molar-refractivity contribution in [1.82, 2.24) is 9.55 Å². The van der Waals surface area contributed by atoms with Crippen LogP contribution in [0.4, 0.5) is 0 Å². The average molecular weight is 269 g/mol. The molecule has 1 aromatic heterocycles. The van der Waals surface area contributed by atoms with Gasteiger partial charge in [0.25, 0.3) is 0 Å². The van der Waals surface area contributed by atoms with Crippen LogP contribution in [0.25, 0.3) is 5.69 Å². The fraction of sp³-hybridized carbons (Fsp3) is 0.100. The summed E-state index contributed by atoms with van der Waals surface area (Å²) in [4.78, 5) is 4.05. The van der Waals surface area contributed by atoms with Gasteiger partial charge in [0.1, 0.15) is 22.4 Å². The van der Waals surface area contributed by atoms with E-state index >= 15 is 0 Å². The molecule has 0 saturated heterocycles. The van der Waals surface area contributed by atoms with Crippen molar-refractivity contribution in [2.45, 2.75) is 0 Å². The second-order valence-electron chi connectivity index (χ2n) is 2.96. The van der Waals surface area contributed by atoms with Gasteiger partial charge in [-0.25, -0.2) is 4.98 Å². The molecule has 0 atom stereocenters. The van der Waals surface area contributed by atoms with E-state index in [0.717, 1.165) is 10.3 Å². The molecule has 2 aromatic rings. The Bertz CT molecular complexity index is 482. The molecule has 15 heavy (non-hydrogen) atoms. The molecule has 2 rings (SSSR count). The predicted molar refractivity (Wildman–Crippen MR) is 59.5 cm³/mol. The van der Waals surface area contributed by atoms with Gasteiger partial charge in [-0.3, -0.25) is 0 Å². The summed E-state index contributed by atoms with van der Waals surface area (Å²) < 4.78 is 7.72. The maximum absolute atomic E-state index is 9.31. The molecule has 1 N–H and O–H groups in total. The van der Waals surface area contributed by atoms with Crippen LogP contribution in [0.3, 0.4) is 0 Å². The van der Waals surface area contributed by atoms with Crippen LogP contribution in [-0.4, -0.2) is 21.8 Å². The van der Waals surface area contributed by atoms with E-state index in [9.17, 15) is 5.11 Å². The minimum atomic E-state index is 0.176. The molecule has 0 aliphatic heterocycles. The van der Waals surface area contributed by atoms with Crippen molar-refractivity contribution in [3.05, 3.63) is 35.3 Å². The van der Waals surface area contributed by atoms with Gasteiger partial charge >= 0.3 is 0 Å². The van der Waals surface area contributed by atoms with Crippen LogP contribution >= 0.6 is 15.9 Å². The molecule has 0 amide bonds. The molecule has 0 saturated carbocycles. The molecule has 0 radical (unpaired) electrons. The minimum Gasteiger partial charge on any atom is -0.508 e. The fourth-order valence-corrected chi connectivity index (χ4v) is 1.62. The normalized spacial score (nSPS) is 10.3. The molecule has 78 valence electrons. The third kappa shape index (κ3) is 1.97. The lowest BCUT2D eigenvalue weighted by atomic mass is 10.2. The highest BCUT2D eigenvalue weighted by atomic mass is 79.9. The third-order valence-electron chi connectivity index (χ3n) is 1.99. The Kier molecular flexibility index (Phi) is 2.64. The van der Waals surface area contributed by atoms with Crippen molar-refractivity contribution < 1.29 is 9.84 Å². The summed E-state index contributed by atoms with van der Waals surface area (Å²) in [6.45, 7) is 0. The summed E-state index contributed by atoms with van der Waals surface area (Å²) in [5.41, 5.74) is 0.827. The van der Waals surface area contributed by atoms with Gasteiger partial charge in [-0.15, -0.1) is 0 Å². The first-order valence-electron chi connectivity index (χ1n) is 4.27. The summed E-state index contributed by atoms with van der Waals surface area (Å²) in [6.07, 6.45) is 3.48. The number of aromatic hydroxyl groups is 1. The van der Waals surface area contributed by atoms with Crippen molar-refractivity contribution in [3.8, 4) is 17.2 Å². The summed E-state index contributed by atoms with van der Waals surface area (Å²) in [6, 6.07) is 4.93. The van der Waals surface area contributed by atoms with Crippen molar-refractivity contribution in [2.75, 3.05) is 7.11 Å². The highest BCUT2D eigenvalue weighted by molar-refractivity contribution is 9.10. The summed E-state index contributed by atoms with van der Waals surface area (Å²) >= 11 is 3.27. The molecule has 0 bridgehead atoms. The van der Waals surface area contributed by atoms with E-state index in [1.807, 2.05) is 10.8 Å². The molecule has 0 aliphatic rings. The van der Waals surface area contributed by atoms with Gasteiger partial charge in [0.05, 0.1) is 12.8 Å². The maximum Gasteiger partial charge on any atom is 0.146 e.